The first-order chi connectivity index (χ1) is 12.0. The van der Waals surface area contributed by atoms with Gasteiger partial charge in [-0.2, -0.15) is 8.42 Å². The van der Waals surface area contributed by atoms with Crippen LogP contribution in [0.25, 0.3) is 6.08 Å². The maximum atomic E-state index is 12.2. The van der Waals surface area contributed by atoms with E-state index in [-0.39, 0.29) is 29.2 Å². The van der Waals surface area contributed by atoms with Crippen LogP contribution < -0.4 is 20.9 Å². The van der Waals surface area contributed by atoms with Crippen LogP contribution in [0.4, 0.5) is 0 Å². The lowest BCUT2D eigenvalue weighted by Gasteiger charge is -2.10. The van der Waals surface area contributed by atoms with Crippen molar-refractivity contribution in [2.45, 2.75) is 11.3 Å². The standard InChI is InChI=1S/C13H16N4O7S2/c1-25(19,20)24-17-13(14)16-12(18)9-5-6-23-11-8(7-9)3-2-4-10(11)26(15,21)22/h2-4,7H,5-6H2,1H3,(H2,15,21,22)(H3,14,16,17,18). The SMILES string of the molecule is CS(=O)(=O)ON=C(N)NC(=O)C1=Cc2cccc(S(N)(=O)=O)c2OCC1. The van der Waals surface area contributed by atoms with Crippen LogP contribution in [-0.4, -0.2) is 41.6 Å². The number of hydrogen-bond acceptors (Lipinski definition) is 8. The predicted octanol–water partition coefficient (Wildman–Crippen LogP) is -1.18. The number of nitrogens with one attached hydrogen (secondary N) is 1. The van der Waals surface area contributed by atoms with E-state index in [9.17, 15) is 21.6 Å². The predicted molar refractivity (Wildman–Crippen MR) is 91.6 cm³/mol. The molecular formula is C13H16N4O7S2. The average molecular weight is 404 g/mol. The second-order valence-electron chi connectivity index (χ2n) is 5.20. The number of carbonyl (C=O) groups excluding carboxylic acids is 1. The summed E-state index contributed by atoms with van der Waals surface area (Å²) in [6.07, 6.45) is 2.30. The molecule has 1 aromatic carbocycles. The van der Waals surface area contributed by atoms with Crippen LogP contribution in [-0.2, 0) is 29.2 Å². The second-order valence-corrected chi connectivity index (χ2v) is 8.28. The second kappa shape index (κ2) is 7.31. The van der Waals surface area contributed by atoms with E-state index in [4.69, 9.17) is 15.6 Å². The van der Waals surface area contributed by atoms with Gasteiger partial charge in [0.1, 0.15) is 10.6 Å². The fourth-order valence-corrected chi connectivity index (χ4v) is 2.97. The van der Waals surface area contributed by atoms with Gasteiger partial charge in [0.25, 0.3) is 5.91 Å². The zero-order valence-corrected chi connectivity index (χ0v) is 15.1. The van der Waals surface area contributed by atoms with E-state index in [0.717, 1.165) is 6.26 Å². The van der Waals surface area contributed by atoms with Crippen molar-refractivity contribution in [1.82, 2.24) is 5.32 Å². The third kappa shape index (κ3) is 5.18. The maximum Gasteiger partial charge on any atom is 0.325 e. The summed E-state index contributed by atoms with van der Waals surface area (Å²) in [7, 11) is -7.87. The number of rotatable bonds is 4. The summed E-state index contributed by atoms with van der Waals surface area (Å²) < 4.78 is 54.5. The molecule has 0 aromatic heterocycles. The van der Waals surface area contributed by atoms with Gasteiger partial charge >= 0.3 is 10.1 Å². The molecule has 11 nitrogen and oxygen atoms in total. The van der Waals surface area contributed by atoms with Crippen molar-refractivity contribution in [2.75, 3.05) is 12.9 Å². The van der Waals surface area contributed by atoms with Crippen LogP contribution in [0, 0.1) is 0 Å². The molecule has 0 atom stereocenters. The molecule has 2 rings (SSSR count). The van der Waals surface area contributed by atoms with E-state index in [1.54, 1.807) is 6.07 Å². The summed E-state index contributed by atoms with van der Waals surface area (Å²) in [5, 5.41) is 10.4. The van der Waals surface area contributed by atoms with Gasteiger partial charge in [0.05, 0.1) is 12.9 Å². The third-order valence-electron chi connectivity index (χ3n) is 3.07. The highest BCUT2D eigenvalue weighted by molar-refractivity contribution is 7.89. The minimum Gasteiger partial charge on any atom is -0.491 e. The van der Waals surface area contributed by atoms with Crippen LogP contribution in [0.2, 0.25) is 0 Å². The van der Waals surface area contributed by atoms with Crippen molar-refractivity contribution in [1.29, 1.82) is 0 Å². The third-order valence-corrected chi connectivity index (χ3v) is 4.35. The van der Waals surface area contributed by atoms with Crippen molar-refractivity contribution in [3.8, 4) is 5.75 Å². The van der Waals surface area contributed by atoms with Gasteiger partial charge in [-0.05, 0) is 17.3 Å². The number of nitrogens with zero attached hydrogens (tertiary/aromatic N) is 1. The number of benzene rings is 1. The zero-order chi connectivity index (χ0) is 19.5. The van der Waals surface area contributed by atoms with Crippen LogP contribution in [0.5, 0.6) is 5.75 Å². The topological polar surface area (TPSA) is 180 Å². The number of nitrogens with two attached hydrogens (primary N) is 2. The number of sulfonamides is 1. The molecule has 0 radical (unpaired) electrons. The van der Waals surface area contributed by atoms with Gasteiger partial charge in [-0.15, -0.1) is 0 Å². The van der Waals surface area contributed by atoms with Crippen LogP contribution in [0.3, 0.4) is 0 Å². The number of guanidine groups is 1. The molecule has 0 saturated carbocycles. The first-order valence-electron chi connectivity index (χ1n) is 7.00. The molecule has 1 heterocycles. The average Bonchev–Trinajstić information content (AvgIpc) is 2.73. The van der Waals surface area contributed by atoms with Crippen LogP contribution in [0.1, 0.15) is 12.0 Å². The molecule has 0 fully saturated rings. The first kappa shape index (κ1) is 19.7. The van der Waals surface area contributed by atoms with Gasteiger partial charge in [-0.3, -0.25) is 14.4 Å². The van der Waals surface area contributed by atoms with E-state index >= 15 is 0 Å². The van der Waals surface area contributed by atoms with E-state index in [1.165, 1.54) is 18.2 Å². The van der Waals surface area contributed by atoms with Crippen molar-refractivity contribution >= 4 is 38.1 Å². The fraction of sp³-hybridized carbons (Fsp3) is 0.231. The van der Waals surface area contributed by atoms with Gasteiger partial charge in [-0.25, -0.2) is 13.6 Å². The van der Waals surface area contributed by atoms with Gasteiger partial charge in [0, 0.05) is 17.6 Å². The lowest BCUT2D eigenvalue weighted by molar-refractivity contribution is -0.116. The minimum absolute atomic E-state index is 0.00960. The minimum atomic E-state index is -4.01. The maximum absolute atomic E-state index is 12.2. The number of oxime groups is 1. The summed E-state index contributed by atoms with van der Waals surface area (Å²) in [4.78, 5) is 12.0. The molecule has 1 aromatic rings. The van der Waals surface area contributed by atoms with Crippen molar-refractivity contribution in [2.24, 2.45) is 16.0 Å². The lowest BCUT2D eigenvalue weighted by Crippen LogP contribution is -2.38. The number of primary sulfonamides is 1. The number of carbonyl (C=O) groups is 1. The molecule has 26 heavy (non-hydrogen) atoms. The summed E-state index contributed by atoms with van der Waals surface area (Å²) in [5.41, 5.74) is 5.91. The molecule has 0 spiro atoms. The number of para-hydroxylation sites is 1. The number of amides is 1. The highest BCUT2D eigenvalue weighted by atomic mass is 32.2. The van der Waals surface area contributed by atoms with Crippen molar-refractivity contribution in [3.05, 3.63) is 29.3 Å². The smallest absolute Gasteiger partial charge is 0.325 e. The Balaban J connectivity index is 2.29. The Kier molecular flexibility index (Phi) is 5.53. The summed E-state index contributed by atoms with van der Waals surface area (Å²) in [6.45, 7) is 0.00960. The molecule has 1 aliphatic rings. The van der Waals surface area contributed by atoms with Crippen molar-refractivity contribution < 1.29 is 30.7 Å². The van der Waals surface area contributed by atoms with Gasteiger partial charge in [0.15, 0.2) is 0 Å². The van der Waals surface area contributed by atoms with Gasteiger partial charge in [-0.1, -0.05) is 12.1 Å². The molecule has 0 bridgehead atoms. The van der Waals surface area contributed by atoms with Crippen LogP contribution in [0.15, 0.2) is 33.8 Å². The zero-order valence-electron chi connectivity index (χ0n) is 13.5. The van der Waals surface area contributed by atoms with E-state index < -0.39 is 32.0 Å². The van der Waals surface area contributed by atoms with E-state index in [1.807, 2.05) is 0 Å². The lowest BCUT2D eigenvalue weighted by atomic mass is 10.1. The first-order valence-corrected chi connectivity index (χ1v) is 10.4. The Hall–Kier alpha value is -2.64. The quantitative estimate of drug-likeness (QED) is 0.318. The number of fused-ring (bicyclic) bond motifs is 1. The molecule has 0 unspecified atom stereocenters. The van der Waals surface area contributed by atoms with Crippen LogP contribution >= 0.6 is 0 Å². The van der Waals surface area contributed by atoms with E-state index in [2.05, 4.69) is 14.8 Å². The Morgan fingerprint density at radius 3 is 2.62 bits per heavy atom. The highest BCUT2D eigenvalue weighted by Gasteiger charge is 2.22. The number of hydrogen-bond donors (Lipinski definition) is 3. The Labute approximate surface area is 149 Å². The number of ether oxygens (including phenoxy) is 1. The van der Waals surface area contributed by atoms with E-state index in [0.29, 0.717) is 5.56 Å². The molecule has 13 heteroatoms. The normalized spacial score (nSPS) is 15.2. The highest BCUT2D eigenvalue weighted by Crippen LogP contribution is 2.32. The molecule has 1 aliphatic heterocycles. The summed E-state index contributed by atoms with van der Waals surface area (Å²) in [6, 6.07) is 4.29. The monoisotopic (exact) mass is 404 g/mol. The van der Waals surface area contributed by atoms with Gasteiger partial charge in [0.2, 0.25) is 16.0 Å². The Bertz CT molecular complexity index is 997. The summed E-state index contributed by atoms with van der Waals surface area (Å²) in [5.74, 6) is -1.20. The molecule has 5 N–H and O–H groups in total. The Morgan fingerprint density at radius 1 is 1.31 bits per heavy atom. The molecule has 142 valence electrons. The molecule has 1 amide bonds. The molecular weight excluding hydrogens is 388 g/mol. The molecule has 0 saturated heterocycles. The Morgan fingerprint density at radius 2 is 2.00 bits per heavy atom. The summed E-state index contributed by atoms with van der Waals surface area (Å²) >= 11 is 0. The van der Waals surface area contributed by atoms with Crippen molar-refractivity contribution in [3.63, 3.8) is 0 Å². The largest absolute Gasteiger partial charge is 0.491 e. The van der Waals surface area contributed by atoms with Gasteiger partial charge < -0.3 is 10.5 Å². The molecule has 0 aliphatic carbocycles. The fourth-order valence-electron chi connectivity index (χ4n) is 2.05.